The van der Waals surface area contributed by atoms with E-state index in [0.29, 0.717) is 30.3 Å². The third-order valence-corrected chi connectivity index (χ3v) is 2.47. The fourth-order valence-electron chi connectivity index (χ4n) is 1.57. The molecular weight excluding hydrogens is 220 g/mol. The summed E-state index contributed by atoms with van der Waals surface area (Å²) in [5.74, 6) is 0.581. The van der Waals surface area contributed by atoms with Gasteiger partial charge in [0.25, 0.3) is 5.56 Å². The molecule has 92 valence electrons. The molecule has 2 aromatic rings. The van der Waals surface area contributed by atoms with Crippen LogP contribution in [0.25, 0.3) is 11.2 Å². The molecule has 0 aliphatic rings. The fourth-order valence-corrected chi connectivity index (χ4v) is 1.57. The first-order chi connectivity index (χ1) is 8.22. The van der Waals surface area contributed by atoms with E-state index in [4.69, 9.17) is 4.74 Å². The van der Waals surface area contributed by atoms with Gasteiger partial charge in [0.05, 0.1) is 6.33 Å². The number of nitrogens with zero attached hydrogens (tertiary/aromatic N) is 3. The van der Waals surface area contributed by atoms with Gasteiger partial charge < -0.3 is 9.72 Å². The van der Waals surface area contributed by atoms with Crippen molar-refractivity contribution in [1.82, 2.24) is 19.5 Å². The SMILES string of the molecule is CCCCOCn1cnc2c(=O)[nH]c(C)nc21. The quantitative estimate of drug-likeness (QED) is 0.792. The summed E-state index contributed by atoms with van der Waals surface area (Å²) in [6.07, 6.45) is 3.71. The van der Waals surface area contributed by atoms with Crippen LogP contribution < -0.4 is 5.56 Å². The van der Waals surface area contributed by atoms with Crippen molar-refractivity contribution in [2.24, 2.45) is 0 Å². The Morgan fingerprint density at radius 3 is 3.12 bits per heavy atom. The van der Waals surface area contributed by atoms with Crippen LogP contribution in [0.15, 0.2) is 11.1 Å². The summed E-state index contributed by atoms with van der Waals surface area (Å²) in [6.45, 7) is 4.95. The Balaban J connectivity index is 2.21. The van der Waals surface area contributed by atoms with Crippen LogP contribution in [0.2, 0.25) is 0 Å². The number of fused-ring (bicyclic) bond motifs is 1. The highest BCUT2D eigenvalue weighted by Crippen LogP contribution is 2.05. The Morgan fingerprint density at radius 2 is 2.35 bits per heavy atom. The van der Waals surface area contributed by atoms with E-state index in [2.05, 4.69) is 21.9 Å². The van der Waals surface area contributed by atoms with Crippen molar-refractivity contribution in [2.75, 3.05) is 6.61 Å². The highest BCUT2D eigenvalue weighted by Gasteiger charge is 2.08. The van der Waals surface area contributed by atoms with Gasteiger partial charge in [0.2, 0.25) is 0 Å². The van der Waals surface area contributed by atoms with Gasteiger partial charge in [0.15, 0.2) is 11.2 Å². The van der Waals surface area contributed by atoms with Crippen molar-refractivity contribution in [3.05, 3.63) is 22.5 Å². The summed E-state index contributed by atoms with van der Waals surface area (Å²) in [5.41, 5.74) is 0.720. The number of imidazole rings is 1. The van der Waals surface area contributed by atoms with Crippen molar-refractivity contribution >= 4 is 11.2 Å². The molecule has 0 aromatic carbocycles. The molecule has 0 atom stereocenters. The molecule has 0 saturated heterocycles. The zero-order valence-electron chi connectivity index (χ0n) is 10.1. The van der Waals surface area contributed by atoms with Gasteiger partial charge in [-0.2, -0.15) is 0 Å². The lowest BCUT2D eigenvalue weighted by Crippen LogP contribution is -2.11. The Hall–Kier alpha value is -1.69. The van der Waals surface area contributed by atoms with E-state index >= 15 is 0 Å². The Labute approximate surface area is 98.7 Å². The van der Waals surface area contributed by atoms with Gasteiger partial charge in [0.1, 0.15) is 12.6 Å². The van der Waals surface area contributed by atoms with Crippen molar-refractivity contribution in [1.29, 1.82) is 0 Å². The second-order valence-corrected chi connectivity index (χ2v) is 3.93. The highest BCUT2D eigenvalue weighted by molar-refractivity contribution is 5.69. The molecule has 6 nitrogen and oxygen atoms in total. The third-order valence-electron chi connectivity index (χ3n) is 2.47. The van der Waals surface area contributed by atoms with Crippen LogP contribution in [-0.2, 0) is 11.5 Å². The maximum Gasteiger partial charge on any atom is 0.279 e. The van der Waals surface area contributed by atoms with Crippen molar-refractivity contribution in [3.8, 4) is 0 Å². The maximum absolute atomic E-state index is 11.6. The van der Waals surface area contributed by atoms with Gasteiger partial charge in [-0.05, 0) is 13.3 Å². The Morgan fingerprint density at radius 1 is 1.53 bits per heavy atom. The van der Waals surface area contributed by atoms with E-state index in [1.165, 1.54) is 0 Å². The van der Waals surface area contributed by atoms with E-state index in [-0.39, 0.29) is 5.56 Å². The molecule has 0 saturated carbocycles. The summed E-state index contributed by atoms with van der Waals surface area (Å²) < 4.78 is 7.22. The molecule has 2 heterocycles. The number of nitrogens with one attached hydrogen (secondary N) is 1. The minimum Gasteiger partial charge on any atom is -0.361 e. The zero-order valence-corrected chi connectivity index (χ0v) is 10.1. The molecule has 0 fully saturated rings. The van der Waals surface area contributed by atoms with Crippen LogP contribution in [0.3, 0.4) is 0 Å². The molecular formula is C11H16N4O2. The molecule has 0 spiro atoms. The van der Waals surface area contributed by atoms with Gasteiger partial charge >= 0.3 is 0 Å². The van der Waals surface area contributed by atoms with Crippen LogP contribution in [0.1, 0.15) is 25.6 Å². The minimum atomic E-state index is -0.209. The smallest absolute Gasteiger partial charge is 0.279 e. The van der Waals surface area contributed by atoms with E-state index in [1.807, 2.05) is 0 Å². The average molecular weight is 236 g/mol. The van der Waals surface area contributed by atoms with Crippen LogP contribution in [0.4, 0.5) is 0 Å². The highest BCUT2D eigenvalue weighted by atomic mass is 16.5. The summed E-state index contributed by atoms with van der Waals surface area (Å²) in [5, 5.41) is 0. The van der Waals surface area contributed by atoms with Crippen LogP contribution in [0, 0.1) is 6.92 Å². The number of aromatic amines is 1. The summed E-state index contributed by atoms with van der Waals surface area (Å²) in [4.78, 5) is 22.5. The van der Waals surface area contributed by atoms with E-state index in [0.717, 1.165) is 12.8 Å². The predicted molar refractivity (Wildman–Crippen MR) is 63.7 cm³/mol. The zero-order chi connectivity index (χ0) is 12.3. The summed E-state index contributed by atoms with van der Waals surface area (Å²) in [6, 6.07) is 0. The van der Waals surface area contributed by atoms with E-state index in [1.54, 1.807) is 17.8 Å². The van der Waals surface area contributed by atoms with Crippen molar-refractivity contribution < 1.29 is 4.74 Å². The maximum atomic E-state index is 11.6. The standard InChI is InChI=1S/C11H16N4O2/c1-3-4-5-17-7-15-6-12-9-10(15)13-8(2)14-11(9)16/h6H,3-5,7H2,1-2H3,(H,13,14,16). The van der Waals surface area contributed by atoms with Gasteiger partial charge in [-0.25, -0.2) is 9.97 Å². The lowest BCUT2D eigenvalue weighted by molar-refractivity contribution is 0.0769. The lowest BCUT2D eigenvalue weighted by Gasteiger charge is -2.04. The first-order valence-corrected chi connectivity index (χ1v) is 5.72. The monoisotopic (exact) mass is 236 g/mol. The lowest BCUT2D eigenvalue weighted by atomic mass is 10.4. The van der Waals surface area contributed by atoms with Gasteiger partial charge in [-0.3, -0.25) is 9.36 Å². The molecule has 2 aromatic heterocycles. The second-order valence-electron chi connectivity index (χ2n) is 3.93. The minimum absolute atomic E-state index is 0.209. The second kappa shape index (κ2) is 5.09. The summed E-state index contributed by atoms with van der Waals surface area (Å²) in [7, 11) is 0. The molecule has 0 unspecified atom stereocenters. The van der Waals surface area contributed by atoms with Crippen LogP contribution in [0.5, 0.6) is 0 Å². The first-order valence-electron chi connectivity index (χ1n) is 5.72. The average Bonchev–Trinajstić information content (AvgIpc) is 2.68. The van der Waals surface area contributed by atoms with E-state index in [9.17, 15) is 4.79 Å². The molecule has 0 aliphatic carbocycles. The molecule has 0 bridgehead atoms. The molecule has 1 N–H and O–H groups in total. The molecule has 2 rings (SSSR count). The predicted octanol–water partition coefficient (Wildman–Crippen LogP) is 1.20. The molecule has 6 heteroatoms. The van der Waals surface area contributed by atoms with Crippen LogP contribution in [-0.4, -0.2) is 26.1 Å². The number of aromatic nitrogens is 4. The number of aryl methyl sites for hydroxylation is 1. The number of ether oxygens (including phenoxy) is 1. The van der Waals surface area contributed by atoms with Gasteiger partial charge in [0, 0.05) is 6.61 Å². The number of hydrogen-bond donors (Lipinski definition) is 1. The summed E-state index contributed by atoms with van der Waals surface area (Å²) >= 11 is 0. The Kier molecular flexibility index (Phi) is 3.53. The van der Waals surface area contributed by atoms with E-state index < -0.39 is 0 Å². The number of hydrogen-bond acceptors (Lipinski definition) is 4. The first kappa shape index (κ1) is 11.8. The van der Waals surface area contributed by atoms with Crippen molar-refractivity contribution in [3.63, 3.8) is 0 Å². The number of H-pyrrole nitrogens is 1. The molecule has 0 amide bonds. The Bertz CT molecular complexity index is 558. The van der Waals surface area contributed by atoms with Crippen molar-refractivity contribution in [2.45, 2.75) is 33.4 Å². The third kappa shape index (κ3) is 2.52. The number of unbranched alkanes of at least 4 members (excludes halogenated alkanes) is 1. The van der Waals surface area contributed by atoms with Gasteiger partial charge in [-0.1, -0.05) is 13.3 Å². The molecule has 0 aliphatic heterocycles. The topological polar surface area (TPSA) is 72.8 Å². The number of rotatable bonds is 5. The molecule has 0 radical (unpaired) electrons. The van der Waals surface area contributed by atoms with Crippen LogP contribution >= 0.6 is 0 Å². The van der Waals surface area contributed by atoms with Gasteiger partial charge in [-0.15, -0.1) is 0 Å². The largest absolute Gasteiger partial charge is 0.361 e. The molecule has 17 heavy (non-hydrogen) atoms. The fraction of sp³-hybridized carbons (Fsp3) is 0.545. The normalized spacial score (nSPS) is 11.2.